The number of fused-ring (bicyclic) bond motifs is 2. The first kappa shape index (κ1) is 22.0. The van der Waals surface area contributed by atoms with Crippen LogP contribution in [0, 0.1) is 5.82 Å². The lowest BCUT2D eigenvalue weighted by molar-refractivity contribution is 0.312. The first-order chi connectivity index (χ1) is 18.1. The number of piperazine rings is 1. The van der Waals surface area contributed by atoms with Crippen LogP contribution in [0.25, 0.3) is 34.1 Å². The number of ether oxygens (including phenoxy) is 1. The summed E-state index contributed by atoms with van der Waals surface area (Å²) in [6.07, 6.45) is 2.82. The molecule has 0 amide bonds. The molecule has 0 bridgehead atoms. The molecular weight excluding hydrogens is 469 g/mol. The highest BCUT2D eigenvalue weighted by atomic mass is 19.1. The van der Waals surface area contributed by atoms with Gasteiger partial charge in [0.2, 0.25) is 0 Å². The number of likely N-dealkylation sites (N-methyl/N-ethyl adjacent to an activating group) is 1. The number of anilines is 1. The van der Waals surface area contributed by atoms with Gasteiger partial charge in [-0.2, -0.15) is 0 Å². The average molecular weight is 496 g/mol. The van der Waals surface area contributed by atoms with Gasteiger partial charge in [-0.25, -0.2) is 19.0 Å². The molecule has 186 valence electrons. The van der Waals surface area contributed by atoms with Crippen molar-refractivity contribution in [2.24, 2.45) is 0 Å². The Bertz CT molecular complexity index is 1620. The summed E-state index contributed by atoms with van der Waals surface area (Å²) in [6, 6.07) is 18.6. The molecule has 5 heterocycles. The number of halogens is 1. The van der Waals surface area contributed by atoms with Gasteiger partial charge in [0.15, 0.2) is 17.3 Å². The first-order valence-electron chi connectivity index (χ1n) is 12.5. The zero-order valence-corrected chi connectivity index (χ0v) is 20.5. The Morgan fingerprint density at radius 3 is 2.62 bits per heavy atom. The minimum atomic E-state index is -0.333. The molecule has 1 saturated heterocycles. The van der Waals surface area contributed by atoms with Crippen LogP contribution < -0.4 is 9.64 Å². The topological polar surface area (TPSA) is 64.2 Å². The van der Waals surface area contributed by atoms with Gasteiger partial charge in [0.05, 0.1) is 17.9 Å². The molecule has 5 aromatic rings. The van der Waals surface area contributed by atoms with E-state index in [1.54, 1.807) is 16.8 Å². The van der Waals surface area contributed by atoms with Gasteiger partial charge in [-0.15, -0.1) is 5.10 Å². The smallest absolute Gasteiger partial charge is 0.167 e. The maximum atomic E-state index is 14.9. The zero-order chi connectivity index (χ0) is 24.9. The molecule has 2 aliphatic rings. The minimum absolute atomic E-state index is 0.333. The second-order valence-electron chi connectivity index (χ2n) is 9.56. The van der Waals surface area contributed by atoms with E-state index in [2.05, 4.69) is 22.9 Å². The fraction of sp³-hybridized carbons (Fsp3) is 0.250. The number of benzene rings is 2. The van der Waals surface area contributed by atoms with Crippen molar-refractivity contribution in [2.75, 3.05) is 44.7 Å². The Hall–Kier alpha value is -4.24. The lowest BCUT2D eigenvalue weighted by atomic mass is 10.1. The molecule has 0 spiro atoms. The molecule has 3 aromatic heterocycles. The number of hydrogen-bond acceptors (Lipinski definition) is 6. The minimum Gasteiger partial charge on any atom is -0.493 e. The van der Waals surface area contributed by atoms with Crippen LogP contribution in [0.5, 0.6) is 5.75 Å². The number of hydrogen-bond donors (Lipinski definition) is 0. The van der Waals surface area contributed by atoms with Crippen LogP contribution in [0.2, 0.25) is 0 Å². The molecule has 7 rings (SSSR count). The van der Waals surface area contributed by atoms with Crippen molar-refractivity contribution in [3.8, 4) is 28.6 Å². The summed E-state index contributed by atoms with van der Waals surface area (Å²) >= 11 is 0. The molecular formula is C28H26FN7O. The summed E-state index contributed by atoms with van der Waals surface area (Å²) in [5.41, 5.74) is 3.71. The van der Waals surface area contributed by atoms with Crippen LogP contribution in [0.15, 0.2) is 66.9 Å². The van der Waals surface area contributed by atoms with Gasteiger partial charge in [-0.05, 0) is 42.9 Å². The van der Waals surface area contributed by atoms with Crippen molar-refractivity contribution >= 4 is 17.0 Å². The van der Waals surface area contributed by atoms with Gasteiger partial charge in [-0.3, -0.25) is 4.57 Å². The maximum absolute atomic E-state index is 14.9. The van der Waals surface area contributed by atoms with Gasteiger partial charge in [0.25, 0.3) is 0 Å². The van der Waals surface area contributed by atoms with E-state index in [1.165, 1.54) is 11.6 Å². The van der Waals surface area contributed by atoms with Gasteiger partial charge in [0, 0.05) is 50.9 Å². The Kier molecular flexibility index (Phi) is 5.17. The molecule has 37 heavy (non-hydrogen) atoms. The van der Waals surface area contributed by atoms with Crippen molar-refractivity contribution in [3.05, 3.63) is 78.2 Å². The summed E-state index contributed by atoms with van der Waals surface area (Å²) in [5.74, 6) is 2.62. The van der Waals surface area contributed by atoms with Crippen molar-refractivity contribution in [1.82, 2.24) is 29.2 Å². The largest absolute Gasteiger partial charge is 0.493 e. The predicted octanol–water partition coefficient (Wildman–Crippen LogP) is 4.10. The molecule has 0 radical (unpaired) electrons. The number of nitrogens with zero attached hydrogens (tertiary/aromatic N) is 7. The van der Waals surface area contributed by atoms with Crippen LogP contribution in [-0.4, -0.2) is 69.0 Å². The molecule has 0 saturated carbocycles. The molecule has 0 atom stereocenters. The fourth-order valence-electron chi connectivity index (χ4n) is 5.08. The van der Waals surface area contributed by atoms with Crippen molar-refractivity contribution in [2.45, 2.75) is 6.42 Å². The molecule has 8 nitrogen and oxygen atoms in total. The lowest BCUT2D eigenvalue weighted by Gasteiger charge is -2.32. The van der Waals surface area contributed by atoms with Crippen LogP contribution >= 0.6 is 0 Å². The van der Waals surface area contributed by atoms with E-state index in [1.807, 2.05) is 47.2 Å². The summed E-state index contributed by atoms with van der Waals surface area (Å²) in [5, 5.41) is 4.82. The van der Waals surface area contributed by atoms with E-state index >= 15 is 0 Å². The standard InChI is InChI=1S/C28H26FN7O/c1-33-13-15-34(16-14-33)26-10-12-35(32-26)25-9-8-23-28(31-25)36(20-7-6-19-11-17-37-24(19)18-20)27(30-23)21-4-2-3-5-22(21)29/h2-10,12,18H,11,13-17H2,1H3. The van der Waals surface area contributed by atoms with Crippen molar-refractivity contribution in [3.63, 3.8) is 0 Å². The Morgan fingerprint density at radius 1 is 0.892 bits per heavy atom. The Morgan fingerprint density at radius 2 is 1.76 bits per heavy atom. The Balaban J connectivity index is 1.36. The highest BCUT2D eigenvalue weighted by Crippen LogP contribution is 2.33. The highest BCUT2D eigenvalue weighted by molar-refractivity contribution is 5.81. The number of aromatic nitrogens is 5. The quantitative estimate of drug-likeness (QED) is 0.374. The summed E-state index contributed by atoms with van der Waals surface area (Å²) in [7, 11) is 2.14. The predicted molar refractivity (Wildman–Crippen MR) is 140 cm³/mol. The molecule has 2 aliphatic heterocycles. The average Bonchev–Trinajstić information content (AvgIpc) is 3.67. The third-order valence-corrected chi connectivity index (χ3v) is 7.18. The SMILES string of the molecule is CN1CCN(c2ccn(-c3ccc4nc(-c5ccccc5F)n(-c5ccc6c(c5)OCC6)c4n3)n2)CC1. The third kappa shape index (κ3) is 3.82. The fourth-order valence-corrected chi connectivity index (χ4v) is 5.08. The summed E-state index contributed by atoms with van der Waals surface area (Å²) in [6.45, 7) is 4.58. The van der Waals surface area contributed by atoms with E-state index in [0.717, 1.165) is 49.9 Å². The van der Waals surface area contributed by atoms with Gasteiger partial charge in [-0.1, -0.05) is 18.2 Å². The lowest BCUT2D eigenvalue weighted by Crippen LogP contribution is -2.44. The van der Waals surface area contributed by atoms with Crippen LogP contribution in [-0.2, 0) is 6.42 Å². The molecule has 9 heteroatoms. The highest BCUT2D eigenvalue weighted by Gasteiger charge is 2.22. The van der Waals surface area contributed by atoms with Crippen molar-refractivity contribution < 1.29 is 9.13 Å². The second kappa shape index (κ2) is 8.70. The summed E-state index contributed by atoms with van der Waals surface area (Å²) in [4.78, 5) is 14.4. The van der Waals surface area contributed by atoms with Crippen LogP contribution in [0.3, 0.4) is 0 Å². The molecule has 0 aliphatic carbocycles. The van der Waals surface area contributed by atoms with E-state index in [-0.39, 0.29) is 5.82 Å². The monoisotopic (exact) mass is 495 g/mol. The van der Waals surface area contributed by atoms with E-state index in [0.29, 0.717) is 35.0 Å². The van der Waals surface area contributed by atoms with Gasteiger partial charge in [0.1, 0.15) is 22.9 Å². The maximum Gasteiger partial charge on any atom is 0.167 e. The molecule has 0 N–H and O–H groups in total. The second-order valence-corrected chi connectivity index (χ2v) is 9.56. The third-order valence-electron chi connectivity index (χ3n) is 7.18. The Labute approximate surface area is 213 Å². The van der Waals surface area contributed by atoms with Gasteiger partial charge < -0.3 is 14.5 Å². The van der Waals surface area contributed by atoms with E-state index in [4.69, 9.17) is 19.8 Å². The number of rotatable bonds is 4. The number of pyridine rings is 1. The van der Waals surface area contributed by atoms with E-state index in [9.17, 15) is 4.39 Å². The normalized spacial score (nSPS) is 15.8. The van der Waals surface area contributed by atoms with Crippen LogP contribution in [0.1, 0.15) is 5.56 Å². The van der Waals surface area contributed by atoms with E-state index < -0.39 is 0 Å². The number of imidazole rings is 1. The molecule has 0 unspecified atom stereocenters. The van der Waals surface area contributed by atoms with Gasteiger partial charge >= 0.3 is 0 Å². The first-order valence-corrected chi connectivity index (χ1v) is 12.5. The molecule has 2 aromatic carbocycles. The van der Waals surface area contributed by atoms with Crippen molar-refractivity contribution in [1.29, 1.82) is 0 Å². The zero-order valence-electron chi connectivity index (χ0n) is 20.5. The molecule has 1 fully saturated rings. The van der Waals surface area contributed by atoms with Crippen LogP contribution in [0.4, 0.5) is 10.2 Å². The summed E-state index contributed by atoms with van der Waals surface area (Å²) < 4.78 is 24.5.